The van der Waals surface area contributed by atoms with Gasteiger partial charge in [0.2, 0.25) is 0 Å². The van der Waals surface area contributed by atoms with Crippen molar-refractivity contribution in [3.8, 4) is 0 Å². The van der Waals surface area contributed by atoms with E-state index in [9.17, 15) is 4.79 Å². The maximum absolute atomic E-state index is 11.5. The fraction of sp³-hybridized carbons (Fsp3) is 0.364. The van der Waals surface area contributed by atoms with Gasteiger partial charge < -0.3 is 5.32 Å². The Kier molecular flexibility index (Phi) is 4.03. The summed E-state index contributed by atoms with van der Waals surface area (Å²) >= 11 is 4.21. The van der Waals surface area contributed by atoms with Crippen molar-refractivity contribution in [3.63, 3.8) is 0 Å². The molecule has 82 valence electrons. The zero-order chi connectivity index (χ0) is 11.4. The van der Waals surface area contributed by atoms with Gasteiger partial charge in [-0.15, -0.1) is 0 Å². The van der Waals surface area contributed by atoms with E-state index >= 15 is 0 Å². The second-order valence-corrected chi connectivity index (χ2v) is 3.70. The molecule has 0 atom stereocenters. The van der Waals surface area contributed by atoms with Gasteiger partial charge in [0, 0.05) is 7.05 Å². The van der Waals surface area contributed by atoms with Gasteiger partial charge in [-0.25, -0.2) is 9.10 Å². The van der Waals surface area contributed by atoms with Gasteiger partial charge in [0.25, 0.3) is 0 Å². The fourth-order valence-corrected chi connectivity index (χ4v) is 1.90. The monoisotopic (exact) mass is 224 g/mol. The van der Waals surface area contributed by atoms with E-state index in [2.05, 4.69) is 25.1 Å². The van der Waals surface area contributed by atoms with E-state index in [4.69, 9.17) is 0 Å². The Morgan fingerprint density at radius 2 is 2.20 bits per heavy atom. The third kappa shape index (κ3) is 2.45. The minimum absolute atomic E-state index is 0.220. The number of urea groups is 1. The molecule has 0 aromatic heterocycles. The van der Waals surface area contributed by atoms with E-state index in [1.807, 2.05) is 25.1 Å². The maximum atomic E-state index is 11.5. The first kappa shape index (κ1) is 11.9. The van der Waals surface area contributed by atoms with Gasteiger partial charge in [-0.3, -0.25) is 0 Å². The van der Waals surface area contributed by atoms with Crippen LogP contribution in [0.4, 0.5) is 10.5 Å². The van der Waals surface area contributed by atoms with Crippen LogP contribution in [-0.4, -0.2) is 13.1 Å². The largest absolute Gasteiger partial charge is 0.340 e. The number of benzene rings is 1. The van der Waals surface area contributed by atoms with E-state index in [1.165, 1.54) is 4.31 Å². The molecule has 0 aliphatic carbocycles. The number of carbonyl (C=O) groups excluding carboxylic acids is 1. The Morgan fingerprint density at radius 3 is 2.73 bits per heavy atom. The second kappa shape index (κ2) is 5.07. The van der Waals surface area contributed by atoms with Gasteiger partial charge in [-0.05, 0) is 24.5 Å². The molecule has 0 unspecified atom stereocenters. The summed E-state index contributed by atoms with van der Waals surface area (Å²) in [4.78, 5) is 11.5. The topological polar surface area (TPSA) is 32.3 Å². The maximum Gasteiger partial charge on any atom is 0.331 e. The number of nitrogens with one attached hydrogen (secondary N) is 1. The van der Waals surface area contributed by atoms with Gasteiger partial charge in [-0.2, -0.15) is 0 Å². The number of hydrogen-bond acceptors (Lipinski definition) is 2. The standard InChI is InChI=1S/C11H16N2OS/c1-4-9-7-5-6-8(2)10(9)13(15)11(14)12-3/h5-7,15H,4H2,1-3H3,(H,12,14). The molecule has 0 fully saturated rings. The third-order valence-electron chi connectivity index (χ3n) is 2.32. The van der Waals surface area contributed by atoms with Crippen LogP contribution >= 0.6 is 12.8 Å². The number of para-hydroxylation sites is 1. The molecule has 0 aliphatic rings. The Hall–Kier alpha value is -1.16. The lowest BCUT2D eigenvalue weighted by Gasteiger charge is -2.20. The van der Waals surface area contributed by atoms with Gasteiger partial charge in [0.1, 0.15) is 0 Å². The van der Waals surface area contributed by atoms with Crippen molar-refractivity contribution in [3.05, 3.63) is 29.3 Å². The van der Waals surface area contributed by atoms with Gasteiger partial charge >= 0.3 is 6.03 Å². The van der Waals surface area contributed by atoms with Crippen LogP contribution in [0.2, 0.25) is 0 Å². The number of nitrogens with zero attached hydrogens (tertiary/aromatic N) is 1. The quantitative estimate of drug-likeness (QED) is 0.743. The second-order valence-electron chi connectivity index (χ2n) is 3.30. The number of rotatable bonds is 2. The average Bonchev–Trinajstić information content (AvgIpc) is 2.26. The number of anilines is 1. The molecule has 1 aromatic carbocycles. The van der Waals surface area contributed by atoms with Crippen LogP contribution in [0.5, 0.6) is 0 Å². The van der Waals surface area contributed by atoms with E-state index in [0.29, 0.717) is 0 Å². The molecule has 0 saturated carbocycles. The van der Waals surface area contributed by atoms with Gasteiger partial charge in [0.15, 0.2) is 0 Å². The molecule has 4 heteroatoms. The predicted octanol–water partition coefficient (Wildman–Crippen LogP) is 2.55. The highest BCUT2D eigenvalue weighted by Crippen LogP contribution is 2.26. The third-order valence-corrected chi connectivity index (χ3v) is 2.70. The summed E-state index contributed by atoms with van der Waals surface area (Å²) in [5, 5.41) is 2.55. The van der Waals surface area contributed by atoms with Gasteiger partial charge in [-0.1, -0.05) is 37.9 Å². The van der Waals surface area contributed by atoms with Gasteiger partial charge in [0.05, 0.1) is 5.69 Å². The molecule has 0 spiro atoms. The zero-order valence-electron chi connectivity index (χ0n) is 9.24. The Bertz CT molecular complexity index is 366. The first-order chi connectivity index (χ1) is 7.11. The molecule has 2 amide bonds. The number of hydrogen-bond donors (Lipinski definition) is 2. The molecule has 0 bridgehead atoms. The summed E-state index contributed by atoms with van der Waals surface area (Å²) in [5.41, 5.74) is 3.05. The summed E-state index contributed by atoms with van der Waals surface area (Å²) in [6.07, 6.45) is 0.880. The minimum atomic E-state index is -0.220. The predicted molar refractivity (Wildman–Crippen MR) is 66.5 cm³/mol. The molecular weight excluding hydrogens is 208 g/mol. The Balaban J connectivity index is 3.16. The van der Waals surface area contributed by atoms with Crippen molar-refractivity contribution in [2.75, 3.05) is 11.4 Å². The van der Waals surface area contributed by atoms with Crippen molar-refractivity contribution < 1.29 is 4.79 Å². The summed E-state index contributed by atoms with van der Waals surface area (Å²) < 4.78 is 1.36. The summed E-state index contributed by atoms with van der Waals surface area (Å²) in [6, 6.07) is 5.75. The smallest absolute Gasteiger partial charge is 0.331 e. The molecule has 0 heterocycles. The highest BCUT2D eigenvalue weighted by atomic mass is 32.1. The molecule has 0 radical (unpaired) electrons. The van der Waals surface area contributed by atoms with Crippen molar-refractivity contribution in [2.24, 2.45) is 0 Å². The SMILES string of the molecule is CCc1cccc(C)c1N(S)C(=O)NC. The highest BCUT2D eigenvalue weighted by molar-refractivity contribution is 7.82. The van der Waals surface area contributed by atoms with Crippen LogP contribution in [-0.2, 0) is 6.42 Å². The van der Waals surface area contributed by atoms with Crippen LogP contribution < -0.4 is 9.62 Å². The van der Waals surface area contributed by atoms with E-state index < -0.39 is 0 Å². The Labute approximate surface area is 96.0 Å². The highest BCUT2D eigenvalue weighted by Gasteiger charge is 2.15. The van der Waals surface area contributed by atoms with E-state index in [1.54, 1.807) is 7.05 Å². The lowest BCUT2D eigenvalue weighted by molar-refractivity contribution is 0.251. The minimum Gasteiger partial charge on any atom is -0.340 e. The van der Waals surface area contributed by atoms with Crippen LogP contribution in [0.25, 0.3) is 0 Å². The normalized spacial score (nSPS) is 9.87. The van der Waals surface area contributed by atoms with Crippen LogP contribution in [0.3, 0.4) is 0 Å². The fourth-order valence-electron chi connectivity index (χ4n) is 1.52. The molecule has 1 aromatic rings. The molecule has 3 nitrogen and oxygen atoms in total. The molecular formula is C11H16N2OS. The van der Waals surface area contributed by atoms with E-state index in [0.717, 1.165) is 23.2 Å². The molecule has 1 N–H and O–H groups in total. The van der Waals surface area contributed by atoms with E-state index in [-0.39, 0.29) is 6.03 Å². The first-order valence-electron chi connectivity index (χ1n) is 4.91. The lowest BCUT2D eigenvalue weighted by atomic mass is 10.1. The average molecular weight is 224 g/mol. The lowest BCUT2D eigenvalue weighted by Crippen LogP contribution is -2.32. The molecule has 15 heavy (non-hydrogen) atoms. The van der Waals surface area contributed by atoms with Crippen molar-refractivity contribution >= 4 is 24.5 Å². The number of thiol groups is 1. The number of amides is 2. The van der Waals surface area contributed by atoms with Crippen molar-refractivity contribution in [1.82, 2.24) is 5.32 Å². The molecule has 1 rings (SSSR count). The Morgan fingerprint density at radius 1 is 1.53 bits per heavy atom. The van der Waals surface area contributed by atoms with Crippen LogP contribution in [0.15, 0.2) is 18.2 Å². The van der Waals surface area contributed by atoms with Crippen molar-refractivity contribution in [2.45, 2.75) is 20.3 Å². The zero-order valence-corrected chi connectivity index (χ0v) is 10.1. The summed E-state index contributed by atoms with van der Waals surface area (Å²) in [5.74, 6) is 0. The number of carbonyl (C=O) groups is 1. The summed E-state index contributed by atoms with van der Waals surface area (Å²) in [7, 11) is 1.59. The molecule has 0 aliphatic heterocycles. The molecule has 0 saturated heterocycles. The first-order valence-corrected chi connectivity index (χ1v) is 5.31. The summed E-state index contributed by atoms with van der Waals surface area (Å²) in [6.45, 7) is 4.03. The van der Waals surface area contributed by atoms with Crippen LogP contribution in [0.1, 0.15) is 18.1 Å². The number of aryl methyl sites for hydroxylation is 2. The van der Waals surface area contributed by atoms with Crippen LogP contribution in [0, 0.1) is 6.92 Å². The van der Waals surface area contributed by atoms with Crippen molar-refractivity contribution in [1.29, 1.82) is 0 Å².